The maximum absolute atomic E-state index is 12.0. The largest absolute Gasteiger partial charge is 0.481 e. The molecule has 1 aromatic carbocycles. The molecule has 5 nitrogen and oxygen atoms in total. The van der Waals surface area contributed by atoms with E-state index in [9.17, 15) is 19.5 Å². The van der Waals surface area contributed by atoms with Crippen LogP contribution in [0, 0.1) is 5.41 Å². The van der Waals surface area contributed by atoms with E-state index in [2.05, 4.69) is 6.58 Å². The predicted molar refractivity (Wildman–Crippen MR) is 67.9 cm³/mol. The number of aliphatic carboxylic acids is 2. The molecule has 1 atom stereocenters. The van der Waals surface area contributed by atoms with Gasteiger partial charge in [-0.2, -0.15) is 0 Å². The molecule has 0 heterocycles. The number of carboxylic acid groups (broad SMARTS) is 2. The van der Waals surface area contributed by atoms with E-state index in [1.165, 1.54) is 6.92 Å². The zero-order valence-electron chi connectivity index (χ0n) is 10.4. The monoisotopic (exact) mass is 262 g/mol. The first-order valence-electron chi connectivity index (χ1n) is 5.53. The molecule has 0 aliphatic rings. The van der Waals surface area contributed by atoms with Crippen molar-refractivity contribution in [2.45, 2.75) is 13.3 Å². The van der Waals surface area contributed by atoms with Gasteiger partial charge in [0.15, 0.2) is 5.78 Å². The third-order valence-corrected chi connectivity index (χ3v) is 3.01. The molecule has 5 heteroatoms. The highest BCUT2D eigenvalue weighted by atomic mass is 16.4. The number of carbonyl (C=O) groups is 3. The summed E-state index contributed by atoms with van der Waals surface area (Å²) in [5, 5.41) is 18.0. The van der Waals surface area contributed by atoms with E-state index in [1.807, 2.05) is 0 Å². The zero-order valence-corrected chi connectivity index (χ0v) is 10.4. The van der Waals surface area contributed by atoms with Crippen molar-refractivity contribution in [2.75, 3.05) is 0 Å². The van der Waals surface area contributed by atoms with Gasteiger partial charge >= 0.3 is 11.9 Å². The molecule has 0 aliphatic heterocycles. The fraction of sp³-hybridized carbons (Fsp3) is 0.214. The lowest BCUT2D eigenvalue weighted by atomic mass is 9.77. The van der Waals surface area contributed by atoms with Crippen molar-refractivity contribution >= 4 is 17.7 Å². The molecule has 0 aliphatic carbocycles. The first-order chi connectivity index (χ1) is 8.79. The summed E-state index contributed by atoms with van der Waals surface area (Å²) in [5.41, 5.74) is -1.99. The Morgan fingerprint density at radius 1 is 1.16 bits per heavy atom. The Labute approximate surface area is 110 Å². The smallest absolute Gasteiger partial charge is 0.332 e. The number of benzene rings is 1. The summed E-state index contributed by atoms with van der Waals surface area (Å²) in [5.74, 6) is -3.25. The van der Waals surface area contributed by atoms with E-state index in [-0.39, 0.29) is 0 Å². The third kappa shape index (κ3) is 3.07. The van der Waals surface area contributed by atoms with Crippen molar-refractivity contribution < 1.29 is 24.6 Å². The maximum Gasteiger partial charge on any atom is 0.332 e. The lowest BCUT2D eigenvalue weighted by Gasteiger charge is -2.23. The van der Waals surface area contributed by atoms with Gasteiger partial charge in [-0.15, -0.1) is 0 Å². The lowest BCUT2D eigenvalue weighted by molar-refractivity contribution is -0.149. The minimum absolute atomic E-state index is 0.341. The fourth-order valence-corrected chi connectivity index (χ4v) is 1.59. The van der Waals surface area contributed by atoms with Crippen LogP contribution in [0.5, 0.6) is 0 Å². The van der Waals surface area contributed by atoms with E-state index >= 15 is 0 Å². The van der Waals surface area contributed by atoms with Gasteiger partial charge in [-0.25, -0.2) is 4.79 Å². The Hall–Kier alpha value is -2.43. The second-order valence-electron chi connectivity index (χ2n) is 4.39. The minimum atomic E-state index is -1.82. The second kappa shape index (κ2) is 5.48. The summed E-state index contributed by atoms with van der Waals surface area (Å²) in [6.07, 6.45) is -0.447. The molecule has 1 aromatic rings. The number of hydrogen-bond donors (Lipinski definition) is 2. The normalized spacial score (nSPS) is 13.3. The molecule has 0 radical (unpaired) electrons. The molecule has 1 unspecified atom stereocenters. The molecule has 0 fully saturated rings. The Balaban J connectivity index is 3.04. The standard InChI is InChI=1S/C14H14O5/c1-9(12(16)17)14(2,13(18)19)8-11(15)10-6-4-3-5-7-10/h3-7H,1,8H2,2H3,(H,16,17)(H,18,19). The van der Waals surface area contributed by atoms with Crippen LogP contribution < -0.4 is 0 Å². The van der Waals surface area contributed by atoms with Crippen LogP contribution in [-0.4, -0.2) is 27.9 Å². The Morgan fingerprint density at radius 3 is 2.11 bits per heavy atom. The van der Waals surface area contributed by atoms with Crippen LogP contribution in [0.15, 0.2) is 42.5 Å². The number of hydrogen-bond acceptors (Lipinski definition) is 3. The van der Waals surface area contributed by atoms with Gasteiger partial charge in [0.1, 0.15) is 5.41 Å². The first-order valence-corrected chi connectivity index (χ1v) is 5.53. The van der Waals surface area contributed by atoms with Gasteiger partial charge in [-0.3, -0.25) is 9.59 Å². The quantitative estimate of drug-likeness (QED) is 0.604. The highest BCUT2D eigenvalue weighted by molar-refractivity contribution is 6.03. The molecule has 2 N–H and O–H groups in total. The second-order valence-corrected chi connectivity index (χ2v) is 4.39. The van der Waals surface area contributed by atoms with Gasteiger partial charge in [-0.1, -0.05) is 36.9 Å². The molecule has 1 rings (SSSR count). The van der Waals surface area contributed by atoms with Crippen LogP contribution in [-0.2, 0) is 9.59 Å². The van der Waals surface area contributed by atoms with Gasteiger partial charge in [0, 0.05) is 17.6 Å². The number of carboxylic acids is 2. The molecule has 19 heavy (non-hydrogen) atoms. The van der Waals surface area contributed by atoms with Crippen molar-refractivity contribution in [2.24, 2.45) is 5.41 Å². The highest BCUT2D eigenvalue weighted by Gasteiger charge is 2.41. The van der Waals surface area contributed by atoms with Gasteiger partial charge in [0.25, 0.3) is 0 Å². The van der Waals surface area contributed by atoms with Gasteiger partial charge in [-0.05, 0) is 6.92 Å². The fourth-order valence-electron chi connectivity index (χ4n) is 1.59. The Morgan fingerprint density at radius 2 is 1.68 bits per heavy atom. The van der Waals surface area contributed by atoms with E-state index in [4.69, 9.17) is 5.11 Å². The van der Waals surface area contributed by atoms with Crippen molar-refractivity contribution in [3.63, 3.8) is 0 Å². The Bertz CT molecular complexity index is 532. The minimum Gasteiger partial charge on any atom is -0.481 e. The summed E-state index contributed by atoms with van der Waals surface area (Å²) in [7, 11) is 0. The summed E-state index contributed by atoms with van der Waals surface area (Å²) < 4.78 is 0. The molecule has 0 bridgehead atoms. The predicted octanol–water partition coefficient (Wildman–Crippen LogP) is 1.99. The summed E-state index contributed by atoms with van der Waals surface area (Å²) >= 11 is 0. The van der Waals surface area contributed by atoms with Crippen molar-refractivity contribution in [3.8, 4) is 0 Å². The summed E-state index contributed by atoms with van der Waals surface area (Å²) in [6, 6.07) is 8.13. The Kier molecular flexibility index (Phi) is 4.22. The van der Waals surface area contributed by atoms with Crippen molar-refractivity contribution in [1.82, 2.24) is 0 Å². The van der Waals surface area contributed by atoms with Crippen molar-refractivity contribution in [3.05, 3.63) is 48.0 Å². The number of Topliss-reactive ketones (excluding diaryl/α,β-unsaturated/α-hetero) is 1. The number of ketones is 1. The molecule has 0 saturated heterocycles. The van der Waals surface area contributed by atoms with Gasteiger partial charge in [0.05, 0.1) is 0 Å². The van der Waals surface area contributed by atoms with E-state index in [1.54, 1.807) is 30.3 Å². The van der Waals surface area contributed by atoms with E-state index in [0.29, 0.717) is 5.56 Å². The number of carbonyl (C=O) groups excluding carboxylic acids is 1. The summed E-state index contributed by atoms with van der Waals surface area (Å²) in [4.78, 5) is 34.1. The molecule has 0 spiro atoms. The SMILES string of the molecule is C=C(C(=O)O)C(C)(CC(=O)c1ccccc1)C(=O)O. The zero-order chi connectivity index (χ0) is 14.6. The third-order valence-electron chi connectivity index (χ3n) is 3.01. The maximum atomic E-state index is 12.0. The van der Waals surface area contributed by atoms with Crippen LogP contribution >= 0.6 is 0 Å². The van der Waals surface area contributed by atoms with Gasteiger partial charge < -0.3 is 10.2 Å². The van der Waals surface area contributed by atoms with E-state index in [0.717, 1.165) is 0 Å². The molecular weight excluding hydrogens is 248 g/mol. The van der Waals surface area contributed by atoms with E-state index < -0.39 is 35.1 Å². The average molecular weight is 262 g/mol. The topological polar surface area (TPSA) is 91.7 Å². The van der Waals surface area contributed by atoms with Crippen LogP contribution in [0.3, 0.4) is 0 Å². The number of rotatable bonds is 6. The van der Waals surface area contributed by atoms with Gasteiger partial charge in [0.2, 0.25) is 0 Å². The van der Waals surface area contributed by atoms with Crippen LogP contribution in [0.4, 0.5) is 0 Å². The molecular formula is C14H14O5. The van der Waals surface area contributed by atoms with Crippen LogP contribution in [0.25, 0.3) is 0 Å². The molecule has 0 amide bonds. The molecule has 0 saturated carbocycles. The average Bonchev–Trinajstić information content (AvgIpc) is 2.38. The highest BCUT2D eigenvalue weighted by Crippen LogP contribution is 2.32. The summed E-state index contributed by atoms with van der Waals surface area (Å²) in [6.45, 7) is 4.45. The lowest BCUT2D eigenvalue weighted by Crippen LogP contribution is -2.35. The molecule has 100 valence electrons. The van der Waals surface area contributed by atoms with Crippen LogP contribution in [0.2, 0.25) is 0 Å². The first kappa shape index (κ1) is 14.6. The van der Waals surface area contributed by atoms with Crippen molar-refractivity contribution in [1.29, 1.82) is 0 Å². The van der Waals surface area contributed by atoms with Crippen LogP contribution in [0.1, 0.15) is 23.7 Å². The molecule has 0 aromatic heterocycles.